The molecule has 1 aromatic carbocycles. The zero-order valence-corrected chi connectivity index (χ0v) is 22.0. The average molecular weight is 495 g/mol. The Kier molecular flexibility index (Phi) is 9.85. The van der Waals surface area contributed by atoms with Crippen LogP contribution in [0.2, 0.25) is 0 Å². The number of urea groups is 1. The third kappa shape index (κ3) is 6.22. The molecule has 0 unspecified atom stereocenters. The molecule has 2 aromatic rings. The minimum absolute atomic E-state index is 0.233. The van der Waals surface area contributed by atoms with Gasteiger partial charge in [-0.05, 0) is 43.0 Å². The van der Waals surface area contributed by atoms with Gasteiger partial charge in [0.2, 0.25) is 0 Å². The molecule has 0 spiro atoms. The number of carbonyl (C=O) groups excluding carboxylic acids is 3. The zero-order valence-electron chi connectivity index (χ0n) is 22.0. The van der Waals surface area contributed by atoms with Gasteiger partial charge in [0.05, 0.1) is 24.6 Å². The van der Waals surface area contributed by atoms with E-state index in [2.05, 4.69) is 23.4 Å². The normalized spacial score (nSPS) is 14.8. The number of hydrogen-bond donors (Lipinski definition) is 0. The van der Waals surface area contributed by atoms with Gasteiger partial charge in [0.15, 0.2) is 0 Å². The molecule has 36 heavy (non-hydrogen) atoms. The van der Waals surface area contributed by atoms with Crippen molar-refractivity contribution in [1.82, 2.24) is 19.4 Å². The van der Waals surface area contributed by atoms with Crippen LogP contribution in [0.5, 0.6) is 0 Å². The van der Waals surface area contributed by atoms with Crippen molar-refractivity contribution in [2.24, 2.45) is 0 Å². The number of benzene rings is 1. The lowest BCUT2D eigenvalue weighted by Crippen LogP contribution is -2.34. The van der Waals surface area contributed by atoms with Crippen LogP contribution in [0.25, 0.3) is 6.08 Å². The summed E-state index contributed by atoms with van der Waals surface area (Å²) in [5.41, 5.74) is 2.69. The third-order valence-corrected chi connectivity index (χ3v) is 6.41. The van der Waals surface area contributed by atoms with Gasteiger partial charge in [-0.3, -0.25) is 14.6 Å². The van der Waals surface area contributed by atoms with E-state index in [9.17, 15) is 14.4 Å². The summed E-state index contributed by atoms with van der Waals surface area (Å²) in [4.78, 5) is 45.9. The first-order valence-electron chi connectivity index (χ1n) is 13.0. The Bertz CT molecular complexity index is 1090. The maximum atomic E-state index is 13.3. The summed E-state index contributed by atoms with van der Waals surface area (Å²) in [5, 5.41) is 0. The summed E-state index contributed by atoms with van der Waals surface area (Å²) in [6, 6.07) is 7.07. The van der Waals surface area contributed by atoms with Gasteiger partial charge in [0, 0.05) is 26.1 Å². The van der Waals surface area contributed by atoms with E-state index < -0.39 is 0 Å². The Balaban J connectivity index is 1.97. The Morgan fingerprint density at radius 3 is 2.19 bits per heavy atom. The van der Waals surface area contributed by atoms with Crippen LogP contribution in [-0.4, -0.2) is 57.5 Å². The molecule has 0 saturated carbocycles. The number of methoxy groups -OCH3 is 1. The van der Waals surface area contributed by atoms with Gasteiger partial charge in [-0.2, -0.15) is 0 Å². The number of nitrogens with zero attached hydrogens (tertiary/aromatic N) is 4. The number of hydrogen-bond acceptors (Lipinski definition) is 5. The van der Waals surface area contributed by atoms with Crippen LogP contribution >= 0.6 is 0 Å². The zero-order chi connectivity index (χ0) is 26.1. The fraction of sp³-hybridized carbons (Fsp3) is 0.500. The van der Waals surface area contributed by atoms with E-state index in [0.717, 1.165) is 62.0 Å². The van der Waals surface area contributed by atoms with E-state index in [-0.39, 0.29) is 17.9 Å². The molecule has 1 saturated heterocycles. The minimum atomic E-state index is -0.373. The lowest BCUT2D eigenvalue weighted by Gasteiger charge is -2.17. The largest absolute Gasteiger partial charge is 0.465 e. The average Bonchev–Trinajstić information content (AvgIpc) is 3.37. The minimum Gasteiger partial charge on any atom is -0.465 e. The lowest BCUT2D eigenvalue weighted by molar-refractivity contribution is -0.123. The molecular weight excluding hydrogens is 456 g/mol. The van der Waals surface area contributed by atoms with E-state index in [0.29, 0.717) is 30.9 Å². The number of carbonyl (C=O) groups is 3. The first kappa shape index (κ1) is 27.2. The van der Waals surface area contributed by atoms with Crippen molar-refractivity contribution >= 4 is 24.0 Å². The van der Waals surface area contributed by atoms with E-state index in [4.69, 9.17) is 4.74 Å². The van der Waals surface area contributed by atoms with Crippen LogP contribution < -0.4 is 0 Å². The van der Waals surface area contributed by atoms with Crippen LogP contribution in [-0.2, 0) is 22.5 Å². The molecule has 0 radical (unpaired) electrons. The second-order valence-corrected chi connectivity index (χ2v) is 9.11. The maximum absolute atomic E-state index is 13.3. The first-order chi connectivity index (χ1) is 17.4. The van der Waals surface area contributed by atoms with Gasteiger partial charge >= 0.3 is 12.0 Å². The summed E-state index contributed by atoms with van der Waals surface area (Å²) >= 11 is 0. The summed E-state index contributed by atoms with van der Waals surface area (Å²) in [7, 11) is 1.36. The number of imidazole rings is 1. The van der Waals surface area contributed by atoms with Gasteiger partial charge in [0.25, 0.3) is 5.91 Å². The lowest BCUT2D eigenvalue weighted by atomic mass is 10.1. The first-order valence-corrected chi connectivity index (χ1v) is 13.0. The molecular formula is C28H38N4O4. The van der Waals surface area contributed by atoms with E-state index in [1.807, 2.05) is 25.1 Å². The molecule has 1 aliphatic rings. The third-order valence-electron chi connectivity index (χ3n) is 6.41. The Hall–Kier alpha value is -3.42. The second kappa shape index (κ2) is 13.0. The maximum Gasteiger partial charge on any atom is 0.337 e. The van der Waals surface area contributed by atoms with Crippen LogP contribution in [0.4, 0.5) is 4.79 Å². The Morgan fingerprint density at radius 2 is 1.58 bits per heavy atom. The molecule has 0 atom stereocenters. The monoisotopic (exact) mass is 494 g/mol. The van der Waals surface area contributed by atoms with Crippen molar-refractivity contribution in [3.63, 3.8) is 0 Å². The van der Waals surface area contributed by atoms with Gasteiger partial charge < -0.3 is 9.30 Å². The molecule has 2 heterocycles. The van der Waals surface area contributed by atoms with Crippen molar-refractivity contribution < 1.29 is 19.1 Å². The predicted molar refractivity (Wildman–Crippen MR) is 139 cm³/mol. The molecule has 3 rings (SSSR count). The highest BCUT2D eigenvalue weighted by Crippen LogP contribution is 2.26. The van der Waals surface area contributed by atoms with Crippen LogP contribution in [0, 0.1) is 0 Å². The molecule has 0 aliphatic carbocycles. The van der Waals surface area contributed by atoms with Crippen molar-refractivity contribution in [3.05, 3.63) is 58.8 Å². The second-order valence-electron chi connectivity index (χ2n) is 9.11. The summed E-state index contributed by atoms with van der Waals surface area (Å²) in [6.45, 7) is 7.74. The number of esters is 1. The standard InChI is InChI=1S/C28H38N4O4/c1-5-8-11-25-29-19-23(32(25)20-21-12-14-22(15-13-21)27(34)36-4)18-24-26(33)31(17-10-7-3)28(35)30(24)16-9-6-2/h12-15,18-19H,5-11,16-17,20H2,1-4H3/b24-18-. The fourth-order valence-electron chi connectivity index (χ4n) is 4.22. The van der Waals surface area contributed by atoms with Gasteiger partial charge in [-0.1, -0.05) is 52.2 Å². The number of amides is 3. The summed E-state index contributed by atoms with van der Waals surface area (Å²) < 4.78 is 6.90. The van der Waals surface area contributed by atoms with Crippen molar-refractivity contribution in [1.29, 1.82) is 0 Å². The number of imide groups is 1. The molecule has 1 aliphatic heterocycles. The molecule has 0 bridgehead atoms. The quantitative estimate of drug-likeness (QED) is 0.215. The molecule has 194 valence electrons. The number of ether oxygens (including phenoxy) is 1. The summed E-state index contributed by atoms with van der Waals surface area (Å²) in [6.07, 6.45) is 9.90. The van der Waals surface area contributed by atoms with Crippen LogP contribution in [0.1, 0.15) is 86.7 Å². The molecule has 0 N–H and O–H groups in total. The fourth-order valence-corrected chi connectivity index (χ4v) is 4.22. The number of aromatic nitrogens is 2. The van der Waals surface area contributed by atoms with Gasteiger partial charge in [0.1, 0.15) is 11.5 Å². The number of unbranched alkanes of at least 4 members (excludes halogenated alkanes) is 3. The molecule has 8 nitrogen and oxygen atoms in total. The summed E-state index contributed by atoms with van der Waals surface area (Å²) in [5.74, 6) is 0.317. The van der Waals surface area contributed by atoms with Crippen LogP contribution in [0.15, 0.2) is 36.2 Å². The smallest absolute Gasteiger partial charge is 0.337 e. The highest BCUT2D eigenvalue weighted by atomic mass is 16.5. The molecule has 8 heteroatoms. The topological polar surface area (TPSA) is 84.7 Å². The van der Waals surface area contributed by atoms with Crippen molar-refractivity contribution in [2.75, 3.05) is 20.2 Å². The van der Waals surface area contributed by atoms with Gasteiger partial charge in [-0.15, -0.1) is 0 Å². The number of rotatable bonds is 13. The Morgan fingerprint density at radius 1 is 0.944 bits per heavy atom. The van der Waals surface area contributed by atoms with E-state index in [1.165, 1.54) is 12.0 Å². The van der Waals surface area contributed by atoms with E-state index >= 15 is 0 Å². The van der Waals surface area contributed by atoms with Crippen molar-refractivity contribution in [2.45, 2.75) is 72.3 Å². The van der Waals surface area contributed by atoms with E-state index in [1.54, 1.807) is 23.2 Å². The van der Waals surface area contributed by atoms with Crippen molar-refractivity contribution in [3.8, 4) is 0 Å². The SMILES string of the molecule is CCCCc1ncc(/C=C2/C(=O)N(CCCC)C(=O)N2CCCC)n1Cc1ccc(C(=O)OC)cc1. The highest BCUT2D eigenvalue weighted by Gasteiger charge is 2.40. The predicted octanol–water partition coefficient (Wildman–Crippen LogP) is 5.27. The van der Waals surface area contributed by atoms with Gasteiger partial charge in [-0.25, -0.2) is 14.6 Å². The Labute approximate surface area is 213 Å². The molecule has 3 amide bonds. The highest BCUT2D eigenvalue weighted by molar-refractivity contribution is 6.13. The molecule has 1 fully saturated rings. The number of aryl methyl sites for hydroxylation is 1. The molecule has 1 aromatic heterocycles. The van der Waals surface area contributed by atoms with Crippen LogP contribution in [0.3, 0.4) is 0 Å².